The van der Waals surface area contributed by atoms with Crippen molar-refractivity contribution in [2.24, 2.45) is 4.99 Å². The van der Waals surface area contributed by atoms with Crippen molar-refractivity contribution in [1.82, 2.24) is 24.6 Å². The molecular weight excluding hydrogens is 641 g/mol. The van der Waals surface area contributed by atoms with Gasteiger partial charge in [-0.25, -0.2) is 14.5 Å². The molecule has 48 heavy (non-hydrogen) atoms. The van der Waals surface area contributed by atoms with E-state index in [4.69, 9.17) is 4.74 Å². The molecule has 9 nitrogen and oxygen atoms in total. The summed E-state index contributed by atoms with van der Waals surface area (Å²) >= 11 is 1.42. The fourth-order valence-corrected chi connectivity index (χ4v) is 6.54. The van der Waals surface area contributed by atoms with E-state index in [1.54, 1.807) is 7.11 Å². The number of allylic oxidation sites excluding steroid dienone is 2. The number of methoxy groups -OCH3 is 1. The second-order valence-corrected chi connectivity index (χ2v) is 12.4. The van der Waals surface area contributed by atoms with Crippen LogP contribution in [-0.2, 0) is 0 Å². The summed E-state index contributed by atoms with van der Waals surface area (Å²) in [6, 6.07) is 18.6. The predicted octanol–water partition coefficient (Wildman–Crippen LogP) is 8.33. The molecule has 13 heteroatoms. The molecule has 0 saturated heterocycles. The molecule has 0 atom stereocenters. The highest BCUT2D eigenvalue weighted by Gasteiger charge is 2.31. The number of aryl methyl sites for hydroxylation is 1. The van der Waals surface area contributed by atoms with Crippen LogP contribution in [0.15, 0.2) is 89.1 Å². The SMILES string of the molecule is COc1ccc(-n2c(C)cs/c2=N\C(=O)NC2=C(c3ccc(-c4ncn(-c5ccc(OC(F)(F)F)cc5)n4)cc3)CCC2)c(C(C)C)c1. The first-order valence-electron chi connectivity index (χ1n) is 15.3. The highest BCUT2D eigenvalue weighted by molar-refractivity contribution is 7.07. The minimum atomic E-state index is -4.76. The number of carbonyl (C=O) groups is 1. The minimum absolute atomic E-state index is 0.232. The first-order valence-corrected chi connectivity index (χ1v) is 16.2. The number of hydrogen-bond acceptors (Lipinski definition) is 6. The second-order valence-electron chi connectivity index (χ2n) is 11.6. The lowest BCUT2D eigenvalue weighted by Crippen LogP contribution is -2.24. The molecule has 0 saturated carbocycles. The number of urea groups is 1. The number of halogens is 3. The number of aromatic nitrogens is 4. The number of thiazole rings is 1. The summed E-state index contributed by atoms with van der Waals surface area (Å²) < 4.78 is 50.3. The normalized spacial score (nSPS) is 13.8. The van der Waals surface area contributed by atoms with Crippen molar-refractivity contribution < 1.29 is 27.4 Å². The average molecular weight is 675 g/mol. The Hall–Kier alpha value is -5.17. The van der Waals surface area contributed by atoms with Crippen molar-refractivity contribution in [3.8, 4) is 34.3 Å². The molecule has 2 aromatic heterocycles. The van der Waals surface area contributed by atoms with E-state index in [-0.39, 0.29) is 11.7 Å². The average Bonchev–Trinajstić information content (AvgIpc) is 3.81. The first kappa shape index (κ1) is 32.8. The molecule has 5 aromatic rings. The molecule has 0 fully saturated rings. The fraction of sp³-hybridized carbons (Fsp3) is 0.257. The molecule has 0 radical (unpaired) electrons. The topological polar surface area (TPSA) is 95.6 Å². The number of rotatable bonds is 8. The molecule has 3 aromatic carbocycles. The first-order chi connectivity index (χ1) is 23.0. The molecular formula is C35H33F3N6O3S. The van der Waals surface area contributed by atoms with Gasteiger partial charge in [0.2, 0.25) is 0 Å². The summed E-state index contributed by atoms with van der Waals surface area (Å²) in [5.41, 5.74) is 7.23. The Bertz CT molecular complexity index is 2040. The number of ether oxygens (including phenoxy) is 2. The van der Waals surface area contributed by atoms with Crippen LogP contribution in [0.25, 0.3) is 28.3 Å². The number of carbonyl (C=O) groups excluding carboxylic acids is 1. The second kappa shape index (κ2) is 13.5. The van der Waals surface area contributed by atoms with Crippen LogP contribution in [0.4, 0.5) is 18.0 Å². The van der Waals surface area contributed by atoms with Gasteiger partial charge in [0.05, 0.1) is 18.5 Å². The van der Waals surface area contributed by atoms with Gasteiger partial charge in [-0.15, -0.1) is 29.6 Å². The number of benzene rings is 3. The number of hydrogen-bond donors (Lipinski definition) is 1. The van der Waals surface area contributed by atoms with E-state index < -0.39 is 12.4 Å². The molecule has 2 amide bonds. The molecule has 0 spiro atoms. The number of nitrogens with one attached hydrogen (secondary N) is 1. The van der Waals surface area contributed by atoms with Crippen LogP contribution in [-0.4, -0.2) is 38.8 Å². The molecule has 0 aliphatic heterocycles. The Morgan fingerprint density at radius 2 is 1.71 bits per heavy atom. The van der Waals surface area contributed by atoms with E-state index in [2.05, 4.69) is 39.0 Å². The van der Waals surface area contributed by atoms with Gasteiger partial charge in [0.15, 0.2) is 10.6 Å². The summed E-state index contributed by atoms with van der Waals surface area (Å²) in [6.07, 6.45) is -0.801. The summed E-state index contributed by atoms with van der Waals surface area (Å²) in [5.74, 6) is 1.16. The van der Waals surface area contributed by atoms with Crippen LogP contribution in [0.2, 0.25) is 0 Å². The van der Waals surface area contributed by atoms with Crippen molar-refractivity contribution in [1.29, 1.82) is 0 Å². The van der Waals surface area contributed by atoms with E-state index in [0.29, 0.717) is 16.3 Å². The zero-order valence-corrected chi connectivity index (χ0v) is 27.5. The third kappa shape index (κ3) is 7.20. The Morgan fingerprint density at radius 3 is 2.40 bits per heavy atom. The minimum Gasteiger partial charge on any atom is -0.497 e. The van der Waals surface area contributed by atoms with Crippen LogP contribution in [0, 0.1) is 6.92 Å². The zero-order chi connectivity index (χ0) is 34.0. The lowest BCUT2D eigenvalue weighted by molar-refractivity contribution is -0.274. The van der Waals surface area contributed by atoms with Gasteiger partial charge < -0.3 is 14.8 Å². The Labute approximate surface area is 279 Å². The number of amides is 2. The van der Waals surface area contributed by atoms with Crippen LogP contribution < -0.4 is 19.6 Å². The fourth-order valence-electron chi connectivity index (χ4n) is 5.67. The largest absolute Gasteiger partial charge is 0.573 e. The number of alkyl halides is 3. The smallest absolute Gasteiger partial charge is 0.497 e. The maximum Gasteiger partial charge on any atom is 0.573 e. The third-order valence-corrected chi connectivity index (χ3v) is 8.91. The zero-order valence-electron chi connectivity index (χ0n) is 26.7. The van der Waals surface area contributed by atoms with Crippen molar-refractivity contribution in [2.75, 3.05) is 7.11 Å². The lowest BCUT2D eigenvalue weighted by atomic mass is 10.0. The third-order valence-electron chi connectivity index (χ3n) is 7.97. The number of nitrogens with zero attached hydrogens (tertiary/aromatic N) is 5. The van der Waals surface area contributed by atoms with Crippen molar-refractivity contribution in [3.05, 3.63) is 106 Å². The molecule has 1 aliphatic carbocycles. The van der Waals surface area contributed by atoms with E-state index >= 15 is 0 Å². The highest BCUT2D eigenvalue weighted by Crippen LogP contribution is 2.34. The van der Waals surface area contributed by atoms with Gasteiger partial charge in [0.25, 0.3) is 0 Å². The van der Waals surface area contributed by atoms with Crippen molar-refractivity contribution in [3.63, 3.8) is 0 Å². The molecule has 1 aliphatic rings. The predicted molar refractivity (Wildman–Crippen MR) is 177 cm³/mol. The van der Waals surface area contributed by atoms with Gasteiger partial charge in [-0.3, -0.25) is 4.57 Å². The Kier molecular flexibility index (Phi) is 9.22. The molecule has 6 rings (SSSR count). The molecule has 0 unspecified atom stereocenters. The van der Waals surface area contributed by atoms with E-state index in [9.17, 15) is 18.0 Å². The van der Waals surface area contributed by atoms with Crippen LogP contribution in [0.1, 0.15) is 55.8 Å². The summed E-state index contributed by atoms with van der Waals surface area (Å²) in [5, 5.41) is 9.53. The van der Waals surface area contributed by atoms with E-state index in [1.807, 2.05) is 59.3 Å². The summed E-state index contributed by atoms with van der Waals surface area (Å²) in [7, 11) is 1.65. The molecule has 2 heterocycles. The van der Waals surface area contributed by atoms with Gasteiger partial charge in [-0.05, 0) is 91.3 Å². The lowest BCUT2D eigenvalue weighted by Gasteiger charge is -2.16. The standard InChI is InChI=1S/C35H33F3N6O3S/c1-21(2)29-18-27(46-4)16-17-31(29)44-22(3)19-48-34(44)41-33(45)40-30-7-5-6-28(30)23-8-10-24(11-9-23)32-39-20-43(42-32)25-12-14-26(15-13-25)47-35(36,37)38/h8-21H,5-7H2,1-4H3,(H,40,45)/b41-34-. The van der Waals surface area contributed by atoms with Gasteiger partial charge >= 0.3 is 12.4 Å². The maximum absolute atomic E-state index is 13.3. The van der Waals surface area contributed by atoms with Crippen LogP contribution in [0.5, 0.6) is 11.5 Å². The highest BCUT2D eigenvalue weighted by atomic mass is 32.1. The van der Waals surface area contributed by atoms with E-state index in [1.165, 1.54) is 46.6 Å². The van der Waals surface area contributed by atoms with Gasteiger partial charge in [-0.1, -0.05) is 38.1 Å². The quantitative estimate of drug-likeness (QED) is 0.179. The molecule has 248 valence electrons. The van der Waals surface area contributed by atoms with Gasteiger partial charge in [0, 0.05) is 22.3 Å². The van der Waals surface area contributed by atoms with Crippen LogP contribution in [0.3, 0.4) is 0 Å². The molecule has 1 N–H and O–H groups in total. The van der Waals surface area contributed by atoms with Crippen molar-refractivity contribution >= 4 is 22.9 Å². The van der Waals surface area contributed by atoms with E-state index in [0.717, 1.165) is 64.4 Å². The summed E-state index contributed by atoms with van der Waals surface area (Å²) in [4.78, 5) is 22.7. The monoisotopic (exact) mass is 674 g/mol. The van der Waals surface area contributed by atoms with Gasteiger partial charge in [0.1, 0.15) is 17.8 Å². The maximum atomic E-state index is 13.3. The summed E-state index contributed by atoms with van der Waals surface area (Å²) in [6.45, 7) is 6.24. The van der Waals surface area contributed by atoms with Gasteiger partial charge in [-0.2, -0.15) is 4.99 Å². The Morgan fingerprint density at radius 1 is 1.00 bits per heavy atom. The molecule has 0 bridgehead atoms. The van der Waals surface area contributed by atoms with Crippen molar-refractivity contribution in [2.45, 2.75) is 52.3 Å². The van der Waals surface area contributed by atoms with Crippen LogP contribution >= 0.6 is 11.3 Å². The Balaban J connectivity index is 1.19.